The zero-order chi connectivity index (χ0) is 23.0. The molecule has 6 nitrogen and oxygen atoms in total. The number of rotatable bonds is 4. The predicted molar refractivity (Wildman–Crippen MR) is 123 cm³/mol. The van der Waals surface area contributed by atoms with Crippen LogP contribution in [0, 0.1) is 5.95 Å². The van der Waals surface area contributed by atoms with Crippen LogP contribution in [0.5, 0.6) is 0 Å². The first-order valence-electron chi connectivity index (χ1n) is 11.4. The molecule has 2 fully saturated rings. The van der Waals surface area contributed by atoms with Crippen molar-refractivity contribution in [2.45, 2.75) is 56.5 Å². The first kappa shape index (κ1) is 21.9. The molecule has 1 aliphatic heterocycles. The van der Waals surface area contributed by atoms with Gasteiger partial charge in [0.1, 0.15) is 12.1 Å². The molecule has 3 heterocycles. The third-order valence-corrected chi connectivity index (χ3v) is 6.92. The van der Waals surface area contributed by atoms with E-state index in [2.05, 4.69) is 25.2 Å². The van der Waals surface area contributed by atoms with Crippen molar-refractivity contribution in [3.05, 3.63) is 42.7 Å². The van der Waals surface area contributed by atoms with Gasteiger partial charge in [-0.25, -0.2) is 23.7 Å². The zero-order valence-electron chi connectivity index (χ0n) is 18.3. The van der Waals surface area contributed by atoms with Crippen LogP contribution in [-0.4, -0.2) is 50.9 Å². The van der Waals surface area contributed by atoms with Crippen LogP contribution < -0.4 is 11.1 Å². The van der Waals surface area contributed by atoms with E-state index in [-0.39, 0.29) is 24.6 Å². The summed E-state index contributed by atoms with van der Waals surface area (Å²) < 4.78 is 40.4. The Morgan fingerprint density at radius 2 is 1.73 bits per heavy atom. The molecular weight excluding hydrogens is 429 g/mol. The van der Waals surface area contributed by atoms with Crippen LogP contribution in [0.25, 0.3) is 22.0 Å². The maximum Gasteiger partial charge on any atom is 0.250 e. The van der Waals surface area contributed by atoms with Gasteiger partial charge in [-0.15, -0.1) is 0 Å². The second-order valence-corrected chi connectivity index (χ2v) is 9.10. The molecule has 2 aliphatic rings. The maximum absolute atomic E-state index is 13.5. The van der Waals surface area contributed by atoms with Crippen LogP contribution in [-0.2, 0) is 0 Å². The standard InChI is InChI=1S/C24H27F3N6/c25-22-20(28)12-16(13-29-22)15-1-6-21-19(11-15)23(31-14-30-21)32-17-2-4-18(5-3-17)33-9-7-24(26,27)8-10-33/h1,6,11-14,17-18H,2-5,7-10,28H2,(H,30,31,32). The van der Waals surface area contributed by atoms with Gasteiger partial charge >= 0.3 is 0 Å². The van der Waals surface area contributed by atoms with E-state index < -0.39 is 11.9 Å². The molecule has 0 amide bonds. The number of hydrogen-bond acceptors (Lipinski definition) is 6. The molecule has 3 aromatic rings. The Kier molecular flexibility index (Phi) is 5.82. The van der Waals surface area contributed by atoms with E-state index in [0.29, 0.717) is 19.1 Å². The topological polar surface area (TPSA) is 80.0 Å². The van der Waals surface area contributed by atoms with E-state index in [4.69, 9.17) is 5.73 Å². The summed E-state index contributed by atoms with van der Waals surface area (Å²) in [6.45, 7) is 0.968. The molecule has 1 aromatic carbocycles. The van der Waals surface area contributed by atoms with Crippen molar-refractivity contribution in [1.29, 1.82) is 0 Å². The lowest BCUT2D eigenvalue weighted by Gasteiger charge is -2.40. The van der Waals surface area contributed by atoms with Crippen molar-refractivity contribution < 1.29 is 13.2 Å². The molecule has 0 bridgehead atoms. The zero-order valence-corrected chi connectivity index (χ0v) is 18.3. The van der Waals surface area contributed by atoms with Crippen molar-refractivity contribution in [2.24, 2.45) is 0 Å². The van der Waals surface area contributed by atoms with Crippen molar-refractivity contribution in [3.63, 3.8) is 0 Å². The van der Waals surface area contributed by atoms with E-state index in [0.717, 1.165) is 53.5 Å². The molecule has 1 aliphatic carbocycles. The van der Waals surface area contributed by atoms with Gasteiger partial charge in [0.05, 0.1) is 11.2 Å². The number of hydrogen-bond donors (Lipinski definition) is 2. The Balaban J connectivity index is 1.29. The minimum atomic E-state index is -2.50. The molecule has 9 heteroatoms. The van der Waals surface area contributed by atoms with Gasteiger partial charge in [-0.05, 0) is 49.4 Å². The highest BCUT2D eigenvalue weighted by Crippen LogP contribution is 2.34. The maximum atomic E-state index is 13.5. The number of pyridine rings is 1. The fourth-order valence-electron chi connectivity index (χ4n) is 4.97. The van der Waals surface area contributed by atoms with Gasteiger partial charge in [-0.3, -0.25) is 4.90 Å². The fourth-order valence-corrected chi connectivity index (χ4v) is 4.97. The number of piperidine rings is 1. The van der Waals surface area contributed by atoms with E-state index in [9.17, 15) is 13.2 Å². The highest BCUT2D eigenvalue weighted by Gasteiger charge is 2.37. The van der Waals surface area contributed by atoms with Crippen molar-refractivity contribution in [3.8, 4) is 11.1 Å². The van der Waals surface area contributed by atoms with Crippen LogP contribution in [0.3, 0.4) is 0 Å². The number of nitrogen functional groups attached to an aromatic ring is 1. The number of alkyl halides is 2. The monoisotopic (exact) mass is 456 g/mol. The molecule has 0 radical (unpaired) electrons. The molecule has 5 rings (SSSR count). The molecule has 0 spiro atoms. The summed E-state index contributed by atoms with van der Waals surface area (Å²) >= 11 is 0. The normalized spacial score (nSPS) is 23.5. The first-order valence-corrected chi connectivity index (χ1v) is 11.4. The Hall–Kier alpha value is -2.94. The van der Waals surface area contributed by atoms with Gasteiger partial charge in [0, 0.05) is 55.2 Å². The number of benzene rings is 1. The number of likely N-dealkylation sites (tertiary alicyclic amines) is 1. The molecule has 0 unspecified atom stereocenters. The Labute approximate surface area is 190 Å². The van der Waals surface area contributed by atoms with Crippen LogP contribution >= 0.6 is 0 Å². The van der Waals surface area contributed by atoms with E-state index in [1.807, 2.05) is 18.2 Å². The van der Waals surface area contributed by atoms with E-state index in [1.54, 1.807) is 12.4 Å². The van der Waals surface area contributed by atoms with Gasteiger partial charge in [0.15, 0.2) is 0 Å². The minimum absolute atomic E-state index is 0.00411. The summed E-state index contributed by atoms with van der Waals surface area (Å²) in [6, 6.07) is 7.98. The van der Waals surface area contributed by atoms with Crippen molar-refractivity contribution in [1.82, 2.24) is 19.9 Å². The SMILES string of the molecule is Nc1cc(-c2ccc3ncnc(NC4CCC(N5CCC(F)(F)CC5)CC4)c3c2)cnc1F. The summed E-state index contributed by atoms with van der Waals surface area (Å²) in [5.41, 5.74) is 8.07. The summed E-state index contributed by atoms with van der Waals surface area (Å²) in [6.07, 6.45) is 6.83. The van der Waals surface area contributed by atoms with Crippen molar-refractivity contribution in [2.75, 3.05) is 24.1 Å². The van der Waals surface area contributed by atoms with E-state index >= 15 is 0 Å². The number of fused-ring (bicyclic) bond motifs is 1. The highest BCUT2D eigenvalue weighted by atomic mass is 19.3. The van der Waals surface area contributed by atoms with Crippen LogP contribution in [0.2, 0.25) is 0 Å². The average molecular weight is 457 g/mol. The third kappa shape index (κ3) is 4.73. The lowest BCUT2D eigenvalue weighted by atomic mass is 9.88. The molecule has 33 heavy (non-hydrogen) atoms. The number of halogens is 3. The second-order valence-electron chi connectivity index (χ2n) is 9.10. The molecule has 1 saturated heterocycles. The summed E-state index contributed by atoms with van der Waals surface area (Å²) in [7, 11) is 0. The number of nitrogens with one attached hydrogen (secondary N) is 1. The van der Waals surface area contributed by atoms with Crippen molar-refractivity contribution >= 4 is 22.4 Å². The number of aromatic nitrogens is 3. The minimum Gasteiger partial charge on any atom is -0.395 e. The fraction of sp³-hybridized carbons (Fsp3) is 0.458. The van der Waals surface area contributed by atoms with Gasteiger partial charge in [-0.2, -0.15) is 4.39 Å². The van der Waals surface area contributed by atoms with Gasteiger partial charge in [0.25, 0.3) is 5.92 Å². The molecule has 2 aromatic heterocycles. The lowest BCUT2D eigenvalue weighted by molar-refractivity contribution is -0.0657. The predicted octanol–water partition coefficient (Wildman–Crippen LogP) is 4.87. The van der Waals surface area contributed by atoms with Gasteiger partial charge < -0.3 is 11.1 Å². The molecule has 3 N–H and O–H groups in total. The molecule has 0 atom stereocenters. The lowest BCUT2D eigenvalue weighted by Crippen LogP contribution is -2.47. The Bertz CT molecular complexity index is 1140. The van der Waals surface area contributed by atoms with Gasteiger partial charge in [-0.1, -0.05) is 6.07 Å². The smallest absolute Gasteiger partial charge is 0.250 e. The summed E-state index contributed by atoms with van der Waals surface area (Å²) in [4.78, 5) is 14.8. The molecule has 174 valence electrons. The summed E-state index contributed by atoms with van der Waals surface area (Å²) in [5, 5.41) is 4.44. The Morgan fingerprint density at radius 1 is 0.970 bits per heavy atom. The molecule has 1 saturated carbocycles. The van der Waals surface area contributed by atoms with E-state index in [1.165, 1.54) is 6.20 Å². The Morgan fingerprint density at radius 3 is 2.45 bits per heavy atom. The average Bonchev–Trinajstić information content (AvgIpc) is 2.81. The number of anilines is 2. The quantitative estimate of drug-likeness (QED) is 0.546. The molecular formula is C24H27F3N6. The second kappa shape index (κ2) is 8.78. The number of nitrogens with two attached hydrogens (primary N) is 1. The highest BCUT2D eigenvalue weighted by molar-refractivity contribution is 5.92. The van der Waals surface area contributed by atoms with Crippen LogP contribution in [0.15, 0.2) is 36.8 Å². The van der Waals surface area contributed by atoms with Gasteiger partial charge in [0.2, 0.25) is 5.95 Å². The van der Waals surface area contributed by atoms with Crippen LogP contribution in [0.1, 0.15) is 38.5 Å². The number of nitrogens with zero attached hydrogens (tertiary/aromatic N) is 4. The summed E-state index contributed by atoms with van der Waals surface area (Å²) in [5.74, 6) is -2.43. The third-order valence-electron chi connectivity index (χ3n) is 6.92. The largest absolute Gasteiger partial charge is 0.395 e. The van der Waals surface area contributed by atoms with Crippen LogP contribution in [0.4, 0.5) is 24.7 Å². The first-order chi connectivity index (χ1) is 15.9.